The molecule has 0 bridgehead atoms. The number of unbranched alkanes of at least 4 members (excludes halogenated alkanes) is 2. The molecule has 1 aliphatic heterocycles. The van der Waals surface area contributed by atoms with Crippen LogP contribution in [0.4, 0.5) is 5.13 Å². The molecule has 1 N–H and O–H groups in total. The van der Waals surface area contributed by atoms with E-state index in [1.807, 2.05) is 29.6 Å². The lowest BCUT2D eigenvalue weighted by molar-refractivity contribution is -0.116. The van der Waals surface area contributed by atoms with Gasteiger partial charge in [-0.05, 0) is 49.2 Å². The highest BCUT2D eigenvalue weighted by Crippen LogP contribution is 2.27. The second-order valence-corrected chi connectivity index (χ2v) is 8.29. The number of hydrogen-bond acceptors (Lipinski definition) is 6. The van der Waals surface area contributed by atoms with E-state index in [1.54, 1.807) is 31.4 Å². The van der Waals surface area contributed by atoms with Gasteiger partial charge in [-0.15, -0.1) is 11.3 Å². The first-order chi connectivity index (χ1) is 15.6. The van der Waals surface area contributed by atoms with Crippen molar-refractivity contribution in [2.45, 2.75) is 25.7 Å². The Balaban J connectivity index is 1.19. The van der Waals surface area contributed by atoms with Gasteiger partial charge in [0.25, 0.3) is 11.8 Å². The molecule has 0 spiro atoms. The number of thiazole rings is 1. The minimum atomic E-state index is -0.236. The topological polar surface area (TPSA) is 88.6 Å². The Hall–Kier alpha value is -3.52. The number of carbonyl (C=O) groups excluding carboxylic acids is 3. The molecule has 1 aliphatic rings. The molecule has 1 aromatic heterocycles. The van der Waals surface area contributed by atoms with Gasteiger partial charge in [0, 0.05) is 23.9 Å². The van der Waals surface area contributed by atoms with Crippen LogP contribution in [-0.2, 0) is 4.79 Å². The molecular weight excluding hydrogens is 426 g/mol. The molecule has 0 fully saturated rings. The van der Waals surface area contributed by atoms with E-state index in [4.69, 9.17) is 4.74 Å². The summed E-state index contributed by atoms with van der Waals surface area (Å²) >= 11 is 1.38. The van der Waals surface area contributed by atoms with Crippen LogP contribution in [0.1, 0.15) is 46.4 Å². The van der Waals surface area contributed by atoms with Crippen LogP contribution in [0, 0.1) is 0 Å². The molecular formula is C24H23N3O4S. The molecule has 0 aliphatic carbocycles. The Bertz CT molecular complexity index is 1110. The third-order valence-corrected chi connectivity index (χ3v) is 6.06. The van der Waals surface area contributed by atoms with Gasteiger partial charge in [0.2, 0.25) is 5.91 Å². The average Bonchev–Trinajstić information content (AvgIpc) is 3.37. The maximum atomic E-state index is 12.3. The van der Waals surface area contributed by atoms with E-state index >= 15 is 0 Å². The number of rotatable bonds is 9. The smallest absolute Gasteiger partial charge is 0.261 e. The summed E-state index contributed by atoms with van der Waals surface area (Å²) in [6.45, 7) is 0.367. The van der Waals surface area contributed by atoms with Crippen molar-refractivity contribution in [3.8, 4) is 17.0 Å². The summed E-state index contributed by atoms with van der Waals surface area (Å²) in [4.78, 5) is 42.7. The van der Waals surface area contributed by atoms with Crippen molar-refractivity contribution in [1.29, 1.82) is 0 Å². The largest absolute Gasteiger partial charge is 0.497 e. The van der Waals surface area contributed by atoms with Crippen LogP contribution in [0.2, 0.25) is 0 Å². The van der Waals surface area contributed by atoms with Crippen LogP contribution in [0.25, 0.3) is 11.3 Å². The van der Waals surface area contributed by atoms with Crippen LogP contribution in [0.3, 0.4) is 0 Å². The summed E-state index contributed by atoms with van der Waals surface area (Å²) in [5.41, 5.74) is 2.69. The molecule has 2 heterocycles. The van der Waals surface area contributed by atoms with E-state index in [0.717, 1.165) is 23.4 Å². The average molecular weight is 450 g/mol. The summed E-state index contributed by atoms with van der Waals surface area (Å²) in [5, 5.41) is 5.30. The normalized spacial score (nSPS) is 12.7. The molecule has 0 saturated carbocycles. The third kappa shape index (κ3) is 4.70. The SMILES string of the molecule is COc1ccc(-c2csc(NC(=O)CCCCCN3C(=O)c4ccccc4C3=O)n2)cc1. The van der Waals surface area contributed by atoms with Gasteiger partial charge in [0.05, 0.1) is 23.9 Å². The Kier molecular flexibility index (Phi) is 6.61. The first kappa shape index (κ1) is 21.7. The molecule has 0 radical (unpaired) electrons. The monoisotopic (exact) mass is 449 g/mol. The van der Waals surface area contributed by atoms with Gasteiger partial charge in [-0.3, -0.25) is 19.3 Å². The van der Waals surface area contributed by atoms with Gasteiger partial charge >= 0.3 is 0 Å². The predicted molar refractivity (Wildman–Crippen MR) is 123 cm³/mol. The van der Waals surface area contributed by atoms with E-state index in [-0.39, 0.29) is 17.7 Å². The van der Waals surface area contributed by atoms with Crippen LogP contribution >= 0.6 is 11.3 Å². The fourth-order valence-electron chi connectivity index (χ4n) is 3.58. The first-order valence-corrected chi connectivity index (χ1v) is 11.3. The lowest BCUT2D eigenvalue weighted by Crippen LogP contribution is -2.30. The third-order valence-electron chi connectivity index (χ3n) is 5.30. The summed E-state index contributed by atoms with van der Waals surface area (Å²) in [6, 6.07) is 14.5. The zero-order chi connectivity index (χ0) is 22.5. The van der Waals surface area contributed by atoms with Crippen LogP contribution < -0.4 is 10.1 Å². The van der Waals surface area contributed by atoms with Crippen LogP contribution in [-0.4, -0.2) is 41.3 Å². The Morgan fingerprint density at radius 1 is 1.00 bits per heavy atom. The van der Waals surface area contributed by atoms with Crippen molar-refractivity contribution in [3.05, 3.63) is 65.0 Å². The number of methoxy groups -OCH3 is 1. The second-order valence-electron chi connectivity index (χ2n) is 7.43. The van der Waals surface area contributed by atoms with E-state index in [2.05, 4.69) is 10.3 Å². The van der Waals surface area contributed by atoms with Gasteiger partial charge in [0.15, 0.2) is 5.13 Å². The minimum Gasteiger partial charge on any atom is -0.497 e. The van der Waals surface area contributed by atoms with Crippen LogP contribution in [0.15, 0.2) is 53.9 Å². The number of hydrogen-bond donors (Lipinski definition) is 1. The molecule has 8 heteroatoms. The molecule has 3 amide bonds. The molecule has 0 saturated heterocycles. The second kappa shape index (κ2) is 9.74. The van der Waals surface area contributed by atoms with Crippen molar-refractivity contribution in [2.75, 3.05) is 19.0 Å². The number of amides is 3. The Morgan fingerprint density at radius 3 is 2.34 bits per heavy atom. The predicted octanol–water partition coefficient (Wildman–Crippen LogP) is 4.61. The number of carbonyl (C=O) groups is 3. The van der Waals surface area contributed by atoms with E-state index in [1.165, 1.54) is 16.2 Å². The van der Waals surface area contributed by atoms with Crippen molar-refractivity contribution in [1.82, 2.24) is 9.88 Å². The first-order valence-electron chi connectivity index (χ1n) is 10.4. The highest BCUT2D eigenvalue weighted by Gasteiger charge is 2.34. The number of nitrogens with one attached hydrogen (secondary N) is 1. The maximum absolute atomic E-state index is 12.3. The van der Waals surface area contributed by atoms with Gasteiger partial charge in [0.1, 0.15) is 5.75 Å². The summed E-state index contributed by atoms with van der Waals surface area (Å²) in [6.07, 6.45) is 2.44. The summed E-state index contributed by atoms with van der Waals surface area (Å²) < 4.78 is 5.16. The molecule has 4 rings (SSSR count). The zero-order valence-corrected chi connectivity index (χ0v) is 18.5. The van der Waals surface area contributed by atoms with Crippen molar-refractivity contribution in [2.24, 2.45) is 0 Å². The van der Waals surface area contributed by atoms with E-state index < -0.39 is 0 Å². The maximum Gasteiger partial charge on any atom is 0.261 e. The van der Waals surface area contributed by atoms with E-state index in [9.17, 15) is 14.4 Å². The van der Waals surface area contributed by atoms with Gasteiger partial charge < -0.3 is 10.1 Å². The summed E-state index contributed by atoms with van der Waals surface area (Å²) in [7, 11) is 1.62. The fourth-order valence-corrected chi connectivity index (χ4v) is 4.32. The lowest BCUT2D eigenvalue weighted by atomic mass is 10.1. The number of imide groups is 1. The van der Waals surface area contributed by atoms with Crippen molar-refractivity contribution >= 4 is 34.2 Å². The standard InChI is InChI=1S/C24H23N3O4S/c1-31-17-12-10-16(11-13-17)20-15-32-24(25-20)26-21(28)9-3-2-6-14-27-22(29)18-7-4-5-8-19(18)23(27)30/h4-5,7-8,10-13,15H,2-3,6,9,14H2,1H3,(H,25,26,28). The number of benzene rings is 2. The van der Waals surface area contributed by atoms with Gasteiger partial charge in [-0.2, -0.15) is 0 Å². The van der Waals surface area contributed by atoms with Crippen LogP contribution in [0.5, 0.6) is 5.75 Å². The van der Waals surface area contributed by atoms with Crippen molar-refractivity contribution in [3.63, 3.8) is 0 Å². The lowest BCUT2D eigenvalue weighted by Gasteiger charge is -2.13. The number of anilines is 1. The van der Waals surface area contributed by atoms with Gasteiger partial charge in [-0.25, -0.2) is 4.98 Å². The number of aromatic nitrogens is 1. The highest BCUT2D eigenvalue weighted by atomic mass is 32.1. The molecule has 7 nitrogen and oxygen atoms in total. The molecule has 0 atom stereocenters. The molecule has 0 unspecified atom stereocenters. The molecule has 3 aromatic rings. The van der Waals surface area contributed by atoms with E-state index in [0.29, 0.717) is 42.1 Å². The molecule has 2 aromatic carbocycles. The van der Waals surface area contributed by atoms with Gasteiger partial charge in [-0.1, -0.05) is 18.6 Å². The highest BCUT2D eigenvalue weighted by molar-refractivity contribution is 7.14. The fraction of sp³-hybridized carbons (Fsp3) is 0.250. The Morgan fingerprint density at radius 2 is 1.69 bits per heavy atom. The zero-order valence-electron chi connectivity index (χ0n) is 17.7. The quantitative estimate of drug-likeness (QED) is 0.381. The number of nitrogens with zero attached hydrogens (tertiary/aromatic N) is 2. The summed E-state index contributed by atoms with van der Waals surface area (Å²) in [5.74, 6) is 0.210. The molecule has 32 heavy (non-hydrogen) atoms. The molecule has 164 valence electrons. The number of ether oxygens (including phenoxy) is 1. The Labute approximate surface area is 190 Å². The van der Waals surface area contributed by atoms with Crippen molar-refractivity contribution < 1.29 is 19.1 Å². The minimum absolute atomic E-state index is 0.0960. The number of fused-ring (bicyclic) bond motifs is 1.